The number of benzene rings is 1. The largest absolute Gasteiger partial charge is 0.394 e. The van der Waals surface area contributed by atoms with Crippen molar-refractivity contribution in [2.45, 2.75) is 30.6 Å². The smallest absolute Gasteiger partial charge is 0.262 e. The van der Waals surface area contributed by atoms with Crippen LogP contribution in [0.5, 0.6) is 0 Å². The van der Waals surface area contributed by atoms with Crippen molar-refractivity contribution in [2.75, 3.05) is 6.61 Å². The van der Waals surface area contributed by atoms with E-state index in [1.165, 1.54) is 12.1 Å². The highest BCUT2D eigenvalue weighted by atomic mass is 16.6. The molecule has 8 nitrogen and oxygen atoms in total. The molecular weight excluding hydrogens is 294 g/mol. The number of hydrogen-bond donors (Lipinski definition) is 4. The second kappa shape index (κ2) is 5.41. The number of amides is 2. The Morgan fingerprint density at radius 2 is 1.55 bits per heavy atom. The number of imide groups is 1. The van der Waals surface area contributed by atoms with Crippen LogP contribution < -0.4 is 0 Å². The summed E-state index contributed by atoms with van der Waals surface area (Å²) in [5.74, 6) is -1.36. The summed E-state index contributed by atoms with van der Waals surface area (Å²) in [6.07, 6.45) is -6.08. The number of rotatable bonds is 2. The second-order valence-corrected chi connectivity index (χ2v) is 5.25. The predicted octanol–water partition coefficient (Wildman–Crippen LogP) is -1.92. The minimum absolute atomic E-state index is 0.158. The molecule has 2 aliphatic rings. The van der Waals surface area contributed by atoms with E-state index in [4.69, 9.17) is 9.84 Å². The molecule has 2 heterocycles. The lowest BCUT2D eigenvalue weighted by molar-refractivity contribution is -0.263. The van der Waals surface area contributed by atoms with Crippen molar-refractivity contribution in [3.8, 4) is 0 Å². The number of carbonyl (C=O) groups excluding carboxylic acids is 2. The summed E-state index contributed by atoms with van der Waals surface area (Å²) in [4.78, 5) is 25.4. The maximum absolute atomic E-state index is 12.4. The highest BCUT2D eigenvalue weighted by molar-refractivity contribution is 6.21. The SMILES string of the molecule is O=C1c2ccccc2C(=O)N1[C@H]1C(O)O[C@H](CO)[C@H](O)[C@H]1O. The highest BCUT2D eigenvalue weighted by Crippen LogP contribution is 2.31. The van der Waals surface area contributed by atoms with Gasteiger partial charge >= 0.3 is 0 Å². The Kier molecular flexibility index (Phi) is 3.71. The van der Waals surface area contributed by atoms with Crippen molar-refractivity contribution in [1.29, 1.82) is 0 Å². The normalized spacial score (nSPS) is 34.9. The van der Waals surface area contributed by atoms with E-state index in [0.29, 0.717) is 4.90 Å². The molecule has 2 amide bonds. The molecule has 118 valence electrons. The van der Waals surface area contributed by atoms with Gasteiger partial charge in [-0.05, 0) is 12.1 Å². The lowest BCUT2D eigenvalue weighted by Crippen LogP contribution is -2.65. The maximum Gasteiger partial charge on any atom is 0.262 e. The fourth-order valence-corrected chi connectivity index (χ4v) is 2.84. The van der Waals surface area contributed by atoms with Crippen LogP contribution in [0.3, 0.4) is 0 Å². The first-order valence-electron chi connectivity index (χ1n) is 6.74. The van der Waals surface area contributed by atoms with Crippen LogP contribution in [0.25, 0.3) is 0 Å². The Morgan fingerprint density at radius 1 is 1.00 bits per heavy atom. The number of fused-ring (bicyclic) bond motifs is 1. The van der Waals surface area contributed by atoms with Crippen LogP contribution in [0.2, 0.25) is 0 Å². The molecule has 0 spiro atoms. The van der Waals surface area contributed by atoms with Crippen LogP contribution in [0, 0.1) is 0 Å². The lowest BCUT2D eigenvalue weighted by atomic mass is 9.96. The zero-order valence-electron chi connectivity index (χ0n) is 11.4. The molecule has 3 rings (SSSR count). The molecule has 0 saturated carbocycles. The zero-order valence-corrected chi connectivity index (χ0v) is 11.4. The molecule has 1 aromatic rings. The topological polar surface area (TPSA) is 128 Å². The van der Waals surface area contributed by atoms with Gasteiger partial charge in [0.2, 0.25) is 0 Å². The van der Waals surface area contributed by atoms with Crippen LogP contribution in [0.4, 0.5) is 0 Å². The molecule has 2 aliphatic heterocycles. The molecule has 0 aliphatic carbocycles. The Balaban J connectivity index is 1.95. The summed E-state index contributed by atoms with van der Waals surface area (Å²) in [7, 11) is 0. The van der Waals surface area contributed by atoms with Crippen molar-refractivity contribution >= 4 is 11.8 Å². The summed E-state index contributed by atoms with van der Waals surface area (Å²) >= 11 is 0. The summed E-state index contributed by atoms with van der Waals surface area (Å²) in [5, 5.41) is 39.0. The van der Waals surface area contributed by atoms with Crippen LogP contribution in [-0.4, -0.2) is 74.4 Å². The van der Waals surface area contributed by atoms with Crippen LogP contribution in [0.1, 0.15) is 20.7 Å². The number of aliphatic hydroxyl groups is 4. The standard InChI is InChI=1S/C14H15NO7/c16-5-8-10(17)11(18)9(14(21)22-8)15-12(19)6-3-1-2-4-7(6)13(15)20/h1-4,8-11,14,16-18,21H,5H2/t8-,9-,10+,11+,14?/m1/s1. The molecule has 1 aromatic carbocycles. The van der Waals surface area contributed by atoms with E-state index in [1.54, 1.807) is 12.1 Å². The average Bonchev–Trinajstić information content (AvgIpc) is 2.77. The minimum atomic E-state index is -1.71. The van der Waals surface area contributed by atoms with Gasteiger partial charge in [0.1, 0.15) is 24.4 Å². The number of hydrogen-bond acceptors (Lipinski definition) is 7. The molecule has 0 aromatic heterocycles. The van der Waals surface area contributed by atoms with E-state index in [0.717, 1.165) is 0 Å². The van der Waals surface area contributed by atoms with Gasteiger partial charge in [0.05, 0.1) is 17.7 Å². The highest BCUT2D eigenvalue weighted by Gasteiger charge is 2.52. The second-order valence-electron chi connectivity index (χ2n) is 5.25. The lowest BCUT2D eigenvalue weighted by Gasteiger charge is -2.42. The molecule has 0 radical (unpaired) electrons. The van der Waals surface area contributed by atoms with Gasteiger partial charge in [0.25, 0.3) is 11.8 Å². The molecule has 22 heavy (non-hydrogen) atoms. The summed E-state index contributed by atoms with van der Waals surface area (Å²) in [5.41, 5.74) is 0.316. The van der Waals surface area contributed by atoms with E-state index >= 15 is 0 Å². The quantitative estimate of drug-likeness (QED) is 0.469. The van der Waals surface area contributed by atoms with Crippen LogP contribution in [0.15, 0.2) is 24.3 Å². The molecule has 4 N–H and O–H groups in total. The van der Waals surface area contributed by atoms with E-state index in [9.17, 15) is 24.9 Å². The fourth-order valence-electron chi connectivity index (χ4n) is 2.84. The first-order valence-corrected chi connectivity index (χ1v) is 6.74. The third kappa shape index (κ3) is 2.04. The van der Waals surface area contributed by atoms with E-state index in [1.807, 2.05) is 0 Å². The summed E-state index contributed by atoms with van der Waals surface area (Å²) in [6.45, 7) is -0.621. The Hall–Kier alpha value is -1.84. The summed E-state index contributed by atoms with van der Waals surface area (Å²) < 4.78 is 4.99. The van der Waals surface area contributed by atoms with Crippen molar-refractivity contribution in [3.05, 3.63) is 35.4 Å². The molecule has 8 heteroatoms. The number of carbonyl (C=O) groups is 2. The summed E-state index contributed by atoms with van der Waals surface area (Å²) in [6, 6.07) is 4.66. The van der Waals surface area contributed by atoms with Crippen LogP contribution >= 0.6 is 0 Å². The van der Waals surface area contributed by atoms with Gasteiger partial charge in [-0.15, -0.1) is 0 Å². The van der Waals surface area contributed by atoms with Crippen molar-refractivity contribution < 1.29 is 34.8 Å². The molecule has 1 unspecified atom stereocenters. The predicted molar refractivity (Wildman–Crippen MR) is 70.7 cm³/mol. The van der Waals surface area contributed by atoms with Crippen molar-refractivity contribution in [3.63, 3.8) is 0 Å². The monoisotopic (exact) mass is 309 g/mol. The van der Waals surface area contributed by atoms with Gasteiger partial charge in [-0.25, -0.2) is 0 Å². The van der Waals surface area contributed by atoms with Crippen molar-refractivity contribution in [1.82, 2.24) is 4.90 Å². The van der Waals surface area contributed by atoms with Gasteiger partial charge in [-0.3, -0.25) is 14.5 Å². The average molecular weight is 309 g/mol. The number of nitrogens with zero attached hydrogens (tertiary/aromatic N) is 1. The third-order valence-corrected chi connectivity index (χ3v) is 3.99. The van der Waals surface area contributed by atoms with E-state index in [-0.39, 0.29) is 11.1 Å². The first kappa shape index (κ1) is 15.1. The van der Waals surface area contributed by atoms with E-state index in [2.05, 4.69) is 0 Å². The number of ether oxygens (including phenoxy) is 1. The molecular formula is C14H15NO7. The first-order chi connectivity index (χ1) is 10.5. The Bertz CT molecular complexity index is 584. The molecule has 1 fully saturated rings. The van der Waals surface area contributed by atoms with Crippen molar-refractivity contribution in [2.24, 2.45) is 0 Å². The van der Waals surface area contributed by atoms with E-state index < -0.39 is 49.1 Å². The van der Waals surface area contributed by atoms with Crippen LogP contribution in [-0.2, 0) is 4.74 Å². The number of aliphatic hydroxyl groups excluding tert-OH is 4. The Morgan fingerprint density at radius 3 is 2.05 bits per heavy atom. The van der Waals surface area contributed by atoms with Gasteiger partial charge < -0.3 is 25.2 Å². The fraction of sp³-hybridized carbons (Fsp3) is 0.429. The zero-order chi connectivity index (χ0) is 16.0. The third-order valence-electron chi connectivity index (χ3n) is 3.99. The minimum Gasteiger partial charge on any atom is -0.394 e. The molecule has 0 bridgehead atoms. The van der Waals surface area contributed by atoms with Gasteiger partial charge in [0, 0.05) is 0 Å². The maximum atomic E-state index is 12.4. The van der Waals surface area contributed by atoms with Gasteiger partial charge in [-0.1, -0.05) is 12.1 Å². The molecule has 1 saturated heterocycles. The molecule has 5 atom stereocenters. The van der Waals surface area contributed by atoms with Gasteiger partial charge in [-0.2, -0.15) is 0 Å². The Labute approximate surface area is 125 Å². The van der Waals surface area contributed by atoms with Gasteiger partial charge in [0.15, 0.2) is 6.29 Å².